The lowest BCUT2D eigenvalue weighted by Gasteiger charge is -2.36. The van der Waals surface area contributed by atoms with Crippen molar-refractivity contribution in [1.82, 2.24) is 0 Å². The van der Waals surface area contributed by atoms with E-state index in [1.165, 1.54) is 109 Å². The average molecular weight is 929 g/mol. The van der Waals surface area contributed by atoms with Gasteiger partial charge >= 0.3 is 0 Å². The molecule has 15 rings (SSSR count). The standard InChI is InChI=1S/C71H48N2/c1-45-19-31-53(32-20-45)71(54-33-21-46(2)22-34-54)63-43-57(72(55-15-5-3-6-16-55)65-41-29-51-25-23-47-11-9-13-49-27-37-61(65)69(51)67(47)49)35-39-59(63)60-40-36-58(44-64(60)71)73(56-17-7-4-8-18-56)66-42-30-52-26-24-48-12-10-14-50-28-38-62(66)70(52)68(48)50/h3-44H,1-2H3. The fourth-order valence-electron chi connectivity index (χ4n) is 12.8. The highest BCUT2D eigenvalue weighted by Crippen LogP contribution is 2.59. The predicted molar refractivity (Wildman–Crippen MR) is 310 cm³/mol. The molecule has 0 fully saturated rings. The zero-order chi connectivity index (χ0) is 48.4. The molecule has 342 valence electrons. The Labute approximate surface area is 424 Å². The molecule has 14 aromatic rings. The Balaban J connectivity index is 1.00. The molecule has 0 atom stereocenters. The average Bonchev–Trinajstić information content (AvgIpc) is 3.73. The first-order valence-corrected chi connectivity index (χ1v) is 25.5. The second kappa shape index (κ2) is 15.9. The van der Waals surface area contributed by atoms with Crippen LogP contribution in [0.5, 0.6) is 0 Å². The Kier molecular flexibility index (Phi) is 9.04. The van der Waals surface area contributed by atoms with Crippen molar-refractivity contribution in [3.63, 3.8) is 0 Å². The minimum atomic E-state index is -0.686. The third-order valence-electron chi connectivity index (χ3n) is 16.1. The first-order chi connectivity index (χ1) is 36.0. The molecule has 0 radical (unpaired) electrons. The van der Waals surface area contributed by atoms with Crippen LogP contribution < -0.4 is 9.80 Å². The minimum Gasteiger partial charge on any atom is -0.310 e. The summed E-state index contributed by atoms with van der Waals surface area (Å²) in [5, 5.41) is 15.3. The van der Waals surface area contributed by atoms with Crippen molar-refractivity contribution in [1.29, 1.82) is 0 Å². The summed E-state index contributed by atoms with van der Waals surface area (Å²) < 4.78 is 0. The first-order valence-electron chi connectivity index (χ1n) is 25.5. The molecule has 0 amide bonds. The number of rotatable bonds is 8. The van der Waals surface area contributed by atoms with E-state index in [4.69, 9.17) is 0 Å². The Morgan fingerprint density at radius 1 is 0.274 bits per heavy atom. The Hall–Kier alpha value is -9.24. The van der Waals surface area contributed by atoms with Crippen LogP contribution in [0.3, 0.4) is 0 Å². The third kappa shape index (κ3) is 6.11. The summed E-state index contributed by atoms with van der Waals surface area (Å²) in [6.45, 7) is 4.38. The van der Waals surface area contributed by atoms with E-state index in [0.717, 1.165) is 34.1 Å². The number of hydrogen-bond donors (Lipinski definition) is 0. The Morgan fingerprint density at radius 3 is 1.03 bits per heavy atom. The quantitative estimate of drug-likeness (QED) is 0.140. The maximum absolute atomic E-state index is 2.51. The number of anilines is 6. The molecule has 1 aliphatic rings. The van der Waals surface area contributed by atoms with Crippen LogP contribution in [0.1, 0.15) is 33.4 Å². The summed E-state index contributed by atoms with van der Waals surface area (Å²) in [7, 11) is 0. The third-order valence-corrected chi connectivity index (χ3v) is 16.1. The summed E-state index contributed by atoms with van der Waals surface area (Å²) in [5.41, 5.74) is 16.0. The van der Waals surface area contributed by atoms with Gasteiger partial charge in [0.05, 0.1) is 16.8 Å². The van der Waals surface area contributed by atoms with Crippen LogP contribution in [0, 0.1) is 13.8 Å². The van der Waals surface area contributed by atoms with Crippen molar-refractivity contribution in [3.8, 4) is 11.1 Å². The smallest absolute Gasteiger partial charge is 0.0715 e. The van der Waals surface area contributed by atoms with Gasteiger partial charge in [0.1, 0.15) is 0 Å². The van der Waals surface area contributed by atoms with E-state index in [9.17, 15) is 0 Å². The second-order valence-corrected chi connectivity index (χ2v) is 20.2. The van der Waals surface area contributed by atoms with Crippen molar-refractivity contribution < 1.29 is 0 Å². The molecule has 14 aromatic carbocycles. The zero-order valence-electron chi connectivity index (χ0n) is 40.6. The lowest BCUT2D eigenvalue weighted by molar-refractivity contribution is 0.767. The molecule has 0 aliphatic heterocycles. The first kappa shape index (κ1) is 41.5. The molecule has 1 aliphatic carbocycles. The lowest BCUT2D eigenvalue weighted by atomic mass is 9.67. The molecular formula is C71H48N2. The van der Waals surface area contributed by atoms with Gasteiger partial charge in [-0.05, 0) is 162 Å². The van der Waals surface area contributed by atoms with Crippen molar-refractivity contribution in [2.75, 3.05) is 9.80 Å². The molecule has 73 heavy (non-hydrogen) atoms. The molecule has 0 saturated heterocycles. The lowest BCUT2D eigenvalue weighted by Crippen LogP contribution is -2.29. The van der Waals surface area contributed by atoms with Gasteiger partial charge in [-0.3, -0.25) is 0 Å². The van der Waals surface area contributed by atoms with Gasteiger partial charge in [-0.25, -0.2) is 0 Å². The van der Waals surface area contributed by atoms with Gasteiger partial charge in [0.25, 0.3) is 0 Å². The maximum atomic E-state index is 2.51. The summed E-state index contributed by atoms with van der Waals surface area (Å²) in [6.07, 6.45) is 0. The molecule has 0 heterocycles. The predicted octanol–water partition coefficient (Wildman–Crippen LogP) is 19.4. The highest BCUT2D eigenvalue weighted by Gasteiger charge is 2.47. The topological polar surface area (TPSA) is 6.48 Å². The molecule has 0 saturated carbocycles. The Morgan fingerprint density at radius 2 is 0.630 bits per heavy atom. The highest BCUT2D eigenvalue weighted by atomic mass is 15.1. The fourth-order valence-corrected chi connectivity index (χ4v) is 12.8. The monoisotopic (exact) mass is 928 g/mol. The number of aryl methyl sites for hydroxylation is 2. The van der Waals surface area contributed by atoms with E-state index in [1.807, 2.05) is 0 Å². The van der Waals surface area contributed by atoms with Crippen LogP contribution in [-0.4, -0.2) is 0 Å². The van der Waals surface area contributed by atoms with Gasteiger partial charge < -0.3 is 9.80 Å². The second-order valence-electron chi connectivity index (χ2n) is 20.2. The molecule has 0 bridgehead atoms. The Bertz CT molecular complexity index is 4120. The number of para-hydroxylation sites is 2. The van der Waals surface area contributed by atoms with E-state index in [2.05, 4.69) is 278 Å². The summed E-state index contributed by atoms with van der Waals surface area (Å²) in [4.78, 5) is 4.97. The molecule has 0 aromatic heterocycles. The van der Waals surface area contributed by atoms with Gasteiger partial charge in [-0.15, -0.1) is 0 Å². The van der Waals surface area contributed by atoms with Crippen molar-refractivity contribution in [3.05, 3.63) is 288 Å². The maximum Gasteiger partial charge on any atom is 0.0715 e. The van der Waals surface area contributed by atoms with E-state index < -0.39 is 5.41 Å². The van der Waals surface area contributed by atoms with Crippen LogP contribution in [0.4, 0.5) is 34.1 Å². The van der Waals surface area contributed by atoms with Gasteiger partial charge in [-0.2, -0.15) is 0 Å². The summed E-state index contributed by atoms with van der Waals surface area (Å²) in [5.74, 6) is 0. The van der Waals surface area contributed by atoms with Crippen molar-refractivity contribution in [2.45, 2.75) is 19.3 Å². The van der Waals surface area contributed by atoms with Crippen LogP contribution in [0.15, 0.2) is 255 Å². The number of hydrogen-bond acceptors (Lipinski definition) is 2. The van der Waals surface area contributed by atoms with Crippen LogP contribution in [0.25, 0.3) is 75.8 Å². The van der Waals surface area contributed by atoms with E-state index in [1.54, 1.807) is 0 Å². The van der Waals surface area contributed by atoms with Crippen LogP contribution in [-0.2, 0) is 5.41 Å². The van der Waals surface area contributed by atoms with Crippen LogP contribution >= 0.6 is 0 Å². The van der Waals surface area contributed by atoms with Gasteiger partial charge in [-0.1, -0.05) is 205 Å². The largest absolute Gasteiger partial charge is 0.310 e. The van der Waals surface area contributed by atoms with Gasteiger partial charge in [0, 0.05) is 33.5 Å². The van der Waals surface area contributed by atoms with Crippen molar-refractivity contribution in [2.24, 2.45) is 0 Å². The molecular weight excluding hydrogens is 881 g/mol. The van der Waals surface area contributed by atoms with Crippen LogP contribution in [0.2, 0.25) is 0 Å². The van der Waals surface area contributed by atoms with Crippen molar-refractivity contribution >= 4 is 98.8 Å². The summed E-state index contributed by atoms with van der Waals surface area (Å²) >= 11 is 0. The molecule has 0 unspecified atom stereocenters. The fraction of sp³-hybridized carbons (Fsp3) is 0.0423. The van der Waals surface area contributed by atoms with E-state index in [-0.39, 0.29) is 0 Å². The SMILES string of the molecule is Cc1ccc(C2(c3ccc(C)cc3)c3cc(N(c4ccccc4)c4ccc5ccc6cccc7ccc4c5c67)ccc3-c3ccc(N(c4ccccc4)c4ccc5ccc6cccc7ccc4c5c67)cc32)cc1. The molecule has 2 nitrogen and oxygen atoms in total. The van der Waals surface area contributed by atoms with Gasteiger partial charge in [0.2, 0.25) is 0 Å². The summed E-state index contributed by atoms with van der Waals surface area (Å²) in [6, 6.07) is 96.0. The molecule has 0 spiro atoms. The molecule has 2 heteroatoms. The highest BCUT2D eigenvalue weighted by molar-refractivity contribution is 6.27. The minimum absolute atomic E-state index is 0.686. The van der Waals surface area contributed by atoms with E-state index in [0.29, 0.717) is 0 Å². The number of nitrogens with zero attached hydrogens (tertiary/aromatic N) is 2. The number of fused-ring (bicyclic) bond motifs is 3. The van der Waals surface area contributed by atoms with Gasteiger partial charge in [0.15, 0.2) is 0 Å². The normalized spacial score (nSPS) is 12.9. The van der Waals surface area contributed by atoms with E-state index >= 15 is 0 Å². The zero-order valence-corrected chi connectivity index (χ0v) is 40.6. The molecule has 0 N–H and O–H groups in total. The number of benzene rings is 14.